The summed E-state index contributed by atoms with van der Waals surface area (Å²) in [6.45, 7) is 5.10. The van der Waals surface area contributed by atoms with Crippen LogP contribution in [-0.4, -0.2) is 66.3 Å². The number of aromatic nitrogens is 6. The molecule has 1 aliphatic heterocycles. The molecule has 1 fully saturated rings. The molecule has 10 heteroatoms. The molecule has 3 aromatic heterocycles. The lowest BCUT2D eigenvalue weighted by molar-refractivity contribution is 0.250. The van der Waals surface area contributed by atoms with Crippen molar-refractivity contribution >= 4 is 17.1 Å². The maximum Gasteiger partial charge on any atom is 0.332 e. The van der Waals surface area contributed by atoms with Gasteiger partial charge in [-0.1, -0.05) is 0 Å². The zero-order chi connectivity index (χ0) is 20.4. The van der Waals surface area contributed by atoms with E-state index in [4.69, 9.17) is 0 Å². The molecule has 0 unspecified atom stereocenters. The average molecular weight is 398 g/mol. The van der Waals surface area contributed by atoms with Gasteiger partial charge < -0.3 is 9.47 Å². The van der Waals surface area contributed by atoms with Gasteiger partial charge in [0.15, 0.2) is 11.2 Å². The fourth-order valence-corrected chi connectivity index (χ4v) is 3.82. The number of imidazole rings is 1. The van der Waals surface area contributed by atoms with Gasteiger partial charge in [-0.2, -0.15) is 0 Å². The number of piperazine rings is 1. The Morgan fingerprint density at radius 3 is 2.34 bits per heavy atom. The third-order valence-electron chi connectivity index (χ3n) is 5.51. The molecular weight excluding hydrogens is 372 g/mol. The number of fused-ring (bicyclic) bond motifs is 1. The molecule has 0 amide bonds. The van der Waals surface area contributed by atoms with Crippen molar-refractivity contribution in [3.8, 4) is 0 Å². The quantitative estimate of drug-likeness (QED) is 0.532. The fourth-order valence-electron chi connectivity index (χ4n) is 3.82. The molecule has 10 nitrogen and oxygen atoms in total. The Morgan fingerprint density at radius 1 is 0.931 bits per heavy atom. The highest BCUT2D eigenvalue weighted by molar-refractivity contribution is 5.69. The zero-order valence-electron chi connectivity index (χ0n) is 16.9. The lowest BCUT2D eigenvalue weighted by Gasteiger charge is -2.34. The molecule has 1 aliphatic rings. The number of nitrogens with zero attached hydrogens (tertiary/aromatic N) is 8. The van der Waals surface area contributed by atoms with Crippen molar-refractivity contribution in [1.29, 1.82) is 0 Å². The van der Waals surface area contributed by atoms with E-state index in [1.165, 1.54) is 9.13 Å². The van der Waals surface area contributed by atoms with E-state index < -0.39 is 0 Å². The summed E-state index contributed by atoms with van der Waals surface area (Å²) in [4.78, 5) is 42.6. The summed E-state index contributed by atoms with van der Waals surface area (Å²) in [5.41, 5.74) is 0.322. The van der Waals surface area contributed by atoms with Crippen LogP contribution in [-0.2, 0) is 20.6 Å². The predicted molar refractivity (Wildman–Crippen MR) is 110 cm³/mol. The SMILES string of the molecule is Cn1cnc2c1c(=O)n(CCCCN1CCN(c3ncccn3)CC1)c(=O)n2C. The average Bonchev–Trinajstić information content (AvgIpc) is 3.14. The summed E-state index contributed by atoms with van der Waals surface area (Å²) < 4.78 is 4.44. The second kappa shape index (κ2) is 8.16. The van der Waals surface area contributed by atoms with E-state index in [0.29, 0.717) is 17.7 Å². The van der Waals surface area contributed by atoms with Gasteiger partial charge in [-0.05, 0) is 25.5 Å². The van der Waals surface area contributed by atoms with Crippen molar-refractivity contribution in [2.45, 2.75) is 19.4 Å². The molecule has 0 N–H and O–H groups in total. The summed E-state index contributed by atoms with van der Waals surface area (Å²) in [6, 6.07) is 1.82. The smallest absolute Gasteiger partial charge is 0.332 e. The van der Waals surface area contributed by atoms with Crippen LogP contribution in [0.3, 0.4) is 0 Å². The van der Waals surface area contributed by atoms with Crippen LogP contribution >= 0.6 is 0 Å². The number of anilines is 1. The number of rotatable bonds is 6. The monoisotopic (exact) mass is 398 g/mol. The van der Waals surface area contributed by atoms with Crippen LogP contribution in [0.1, 0.15) is 12.8 Å². The highest BCUT2D eigenvalue weighted by Crippen LogP contribution is 2.10. The van der Waals surface area contributed by atoms with Crippen molar-refractivity contribution in [3.05, 3.63) is 45.6 Å². The third kappa shape index (κ3) is 3.80. The molecular formula is C19H26N8O2. The molecule has 0 aliphatic carbocycles. The van der Waals surface area contributed by atoms with Gasteiger partial charge in [0.25, 0.3) is 5.56 Å². The van der Waals surface area contributed by atoms with Gasteiger partial charge in [0.2, 0.25) is 5.95 Å². The first kappa shape index (κ1) is 19.3. The first-order valence-electron chi connectivity index (χ1n) is 9.91. The molecule has 0 radical (unpaired) electrons. The lowest BCUT2D eigenvalue weighted by atomic mass is 10.2. The van der Waals surface area contributed by atoms with E-state index in [1.807, 2.05) is 6.07 Å². The molecule has 4 heterocycles. The summed E-state index contributed by atoms with van der Waals surface area (Å²) in [6.07, 6.45) is 6.81. The maximum absolute atomic E-state index is 12.7. The van der Waals surface area contributed by atoms with E-state index in [-0.39, 0.29) is 11.2 Å². The van der Waals surface area contributed by atoms with Gasteiger partial charge in [0, 0.05) is 59.2 Å². The van der Waals surface area contributed by atoms with Crippen LogP contribution in [0.15, 0.2) is 34.4 Å². The van der Waals surface area contributed by atoms with E-state index in [1.54, 1.807) is 37.4 Å². The van der Waals surface area contributed by atoms with Crippen molar-refractivity contribution in [2.24, 2.45) is 14.1 Å². The van der Waals surface area contributed by atoms with Crippen molar-refractivity contribution in [3.63, 3.8) is 0 Å². The van der Waals surface area contributed by atoms with E-state index >= 15 is 0 Å². The maximum atomic E-state index is 12.7. The number of hydrogen-bond acceptors (Lipinski definition) is 7. The fraction of sp³-hybridized carbons (Fsp3) is 0.526. The van der Waals surface area contributed by atoms with Gasteiger partial charge in [-0.25, -0.2) is 19.7 Å². The lowest BCUT2D eigenvalue weighted by Crippen LogP contribution is -2.47. The van der Waals surface area contributed by atoms with Gasteiger partial charge in [-0.3, -0.25) is 18.8 Å². The minimum absolute atomic E-state index is 0.264. The molecule has 0 saturated carbocycles. The minimum atomic E-state index is -0.308. The van der Waals surface area contributed by atoms with E-state index in [0.717, 1.165) is 51.5 Å². The second-order valence-electron chi connectivity index (χ2n) is 7.41. The topological polar surface area (TPSA) is 94.1 Å². The van der Waals surface area contributed by atoms with Crippen LogP contribution in [0.25, 0.3) is 11.2 Å². The summed E-state index contributed by atoms with van der Waals surface area (Å²) in [7, 11) is 3.43. The van der Waals surface area contributed by atoms with Gasteiger partial charge in [0.1, 0.15) is 0 Å². The molecule has 154 valence electrons. The van der Waals surface area contributed by atoms with Gasteiger partial charge in [0.05, 0.1) is 6.33 Å². The normalized spacial score (nSPS) is 15.3. The van der Waals surface area contributed by atoms with Crippen LogP contribution in [0.2, 0.25) is 0 Å². The Labute approximate surface area is 168 Å². The van der Waals surface area contributed by atoms with Gasteiger partial charge >= 0.3 is 5.69 Å². The van der Waals surface area contributed by atoms with E-state index in [9.17, 15) is 9.59 Å². The first-order valence-corrected chi connectivity index (χ1v) is 9.91. The highest BCUT2D eigenvalue weighted by atomic mass is 16.2. The van der Waals surface area contributed by atoms with Crippen LogP contribution in [0.5, 0.6) is 0 Å². The molecule has 0 bridgehead atoms. The predicted octanol–water partition coefficient (Wildman–Crippen LogP) is -0.174. The molecule has 29 heavy (non-hydrogen) atoms. The van der Waals surface area contributed by atoms with Crippen molar-refractivity contribution < 1.29 is 0 Å². The highest BCUT2D eigenvalue weighted by Gasteiger charge is 2.18. The Hall–Kier alpha value is -3.01. The number of aryl methyl sites for hydroxylation is 2. The largest absolute Gasteiger partial charge is 0.338 e. The van der Waals surface area contributed by atoms with Crippen molar-refractivity contribution in [2.75, 3.05) is 37.6 Å². The first-order chi connectivity index (χ1) is 14.1. The van der Waals surface area contributed by atoms with Crippen LogP contribution < -0.4 is 16.1 Å². The summed E-state index contributed by atoms with van der Waals surface area (Å²) >= 11 is 0. The van der Waals surface area contributed by atoms with E-state index in [2.05, 4.69) is 24.8 Å². The Kier molecular flexibility index (Phi) is 5.43. The Morgan fingerprint density at radius 2 is 1.62 bits per heavy atom. The Bertz CT molecular complexity index is 1090. The molecule has 3 aromatic rings. The number of unbranched alkanes of at least 4 members (excludes halogenated alkanes) is 1. The van der Waals surface area contributed by atoms with Crippen molar-refractivity contribution in [1.82, 2.24) is 33.6 Å². The molecule has 0 atom stereocenters. The minimum Gasteiger partial charge on any atom is -0.338 e. The number of hydrogen-bond donors (Lipinski definition) is 0. The summed E-state index contributed by atoms with van der Waals surface area (Å²) in [5, 5.41) is 0. The Balaban J connectivity index is 1.31. The summed E-state index contributed by atoms with van der Waals surface area (Å²) in [5.74, 6) is 0.785. The zero-order valence-corrected chi connectivity index (χ0v) is 16.9. The molecule has 0 aromatic carbocycles. The molecule has 1 saturated heterocycles. The molecule has 0 spiro atoms. The standard InChI is InChI=1S/C19H26N8O2/c1-23-14-22-16-15(23)17(28)27(19(29)24(16)2)9-4-3-8-25-10-12-26(13-11-25)18-20-6-5-7-21-18/h5-7,14H,3-4,8-13H2,1-2H3. The van der Waals surface area contributed by atoms with Gasteiger partial charge in [-0.15, -0.1) is 0 Å². The third-order valence-corrected chi connectivity index (χ3v) is 5.51. The molecule has 4 rings (SSSR count). The van der Waals surface area contributed by atoms with Crippen LogP contribution in [0.4, 0.5) is 5.95 Å². The van der Waals surface area contributed by atoms with Crippen LogP contribution in [0, 0.1) is 0 Å². The second-order valence-corrected chi connectivity index (χ2v) is 7.41.